The van der Waals surface area contributed by atoms with Gasteiger partial charge in [0.2, 0.25) is 0 Å². The third-order valence-electron chi connectivity index (χ3n) is 5.32. The number of aryl methyl sites for hydroxylation is 1. The lowest BCUT2D eigenvalue weighted by molar-refractivity contribution is 0.0547. The van der Waals surface area contributed by atoms with Crippen molar-refractivity contribution >= 4 is 5.91 Å². The van der Waals surface area contributed by atoms with Crippen molar-refractivity contribution in [3.05, 3.63) is 65.2 Å². The molecule has 1 fully saturated rings. The van der Waals surface area contributed by atoms with Crippen LogP contribution < -0.4 is 0 Å². The number of phenols is 1. The van der Waals surface area contributed by atoms with Gasteiger partial charge in [-0.2, -0.15) is 0 Å². The molecule has 2 aliphatic rings. The van der Waals surface area contributed by atoms with Crippen molar-refractivity contribution in [3.8, 4) is 5.75 Å². The number of fused-ring (bicyclic) bond motifs is 3. The zero-order chi connectivity index (χ0) is 15.8. The van der Waals surface area contributed by atoms with Gasteiger partial charge in [0.05, 0.1) is 0 Å². The average molecular weight is 307 g/mol. The van der Waals surface area contributed by atoms with Crippen LogP contribution in [0, 0.1) is 0 Å². The molecule has 0 spiro atoms. The van der Waals surface area contributed by atoms with Gasteiger partial charge in [0.25, 0.3) is 5.91 Å². The normalized spacial score (nSPS) is 23.0. The third kappa shape index (κ3) is 2.50. The van der Waals surface area contributed by atoms with Gasteiger partial charge >= 0.3 is 0 Å². The maximum Gasteiger partial charge on any atom is 0.254 e. The highest BCUT2D eigenvalue weighted by Gasteiger charge is 2.38. The van der Waals surface area contributed by atoms with E-state index in [2.05, 4.69) is 29.2 Å². The second-order valence-corrected chi connectivity index (χ2v) is 6.60. The first-order chi connectivity index (χ1) is 11.2. The number of carbonyl (C=O) groups excluding carboxylic acids is 1. The molecule has 4 rings (SSSR count). The monoisotopic (exact) mass is 307 g/mol. The van der Waals surface area contributed by atoms with E-state index in [9.17, 15) is 9.90 Å². The fourth-order valence-corrected chi connectivity index (χ4v) is 4.23. The Balaban J connectivity index is 1.63. The van der Waals surface area contributed by atoms with Crippen LogP contribution in [0.2, 0.25) is 0 Å². The van der Waals surface area contributed by atoms with Crippen LogP contribution in [0.4, 0.5) is 0 Å². The fraction of sp³-hybridized carbons (Fsp3) is 0.350. The summed E-state index contributed by atoms with van der Waals surface area (Å²) in [6, 6.07) is 15.6. The van der Waals surface area contributed by atoms with E-state index in [1.165, 1.54) is 17.5 Å². The van der Waals surface area contributed by atoms with Crippen molar-refractivity contribution in [1.82, 2.24) is 4.90 Å². The van der Waals surface area contributed by atoms with E-state index < -0.39 is 0 Å². The van der Waals surface area contributed by atoms with Crippen molar-refractivity contribution in [2.24, 2.45) is 0 Å². The zero-order valence-electron chi connectivity index (χ0n) is 13.1. The molecule has 3 nitrogen and oxygen atoms in total. The third-order valence-corrected chi connectivity index (χ3v) is 5.32. The number of hydrogen-bond acceptors (Lipinski definition) is 2. The van der Waals surface area contributed by atoms with Crippen LogP contribution >= 0.6 is 0 Å². The zero-order valence-corrected chi connectivity index (χ0v) is 13.1. The van der Waals surface area contributed by atoms with Crippen molar-refractivity contribution < 1.29 is 9.90 Å². The first kappa shape index (κ1) is 14.3. The second kappa shape index (κ2) is 5.73. The Labute approximate surface area is 136 Å². The number of amides is 1. The van der Waals surface area contributed by atoms with E-state index in [1.807, 2.05) is 0 Å². The fourth-order valence-electron chi connectivity index (χ4n) is 4.23. The summed E-state index contributed by atoms with van der Waals surface area (Å²) < 4.78 is 0. The SMILES string of the molecule is O=C(c1ccc(O)cc1)N1CCCC2c3ccccc3CCC21. The topological polar surface area (TPSA) is 40.5 Å². The molecule has 23 heavy (non-hydrogen) atoms. The van der Waals surface area contributed by atoms with Gasteiger partial charge in [0, 0.05) is 24.1 Å². The van der Waals surface area contributed by atoms with Crippen LogP contribution in [-0.4, -0.2) is 28.5 Å². The number of benzene rings is 2. The standard InChI is InChI=1S/C20H21NO2/c22-16-10-7-15(8-11-16)20(23)21-13-3-6-18-17-5-2-1-4-14(17)9-12-19(18)21/h1-2,4-5,7-8,10-11,18-19,22H,3,6,9,12-13H2. The summed E-state index contributed by atoms with van der Waals surface area (Å²) in [7, 11) is 0. The highest BCUT2D eigenvalue weighted by Crippen LogP contribution is 2.41. The highest BCUT2D eigenvalue weighted by molar-refractivity contribution is 5.94. The number of nitrogens with zero attached hydrogens (tertiary/aromatic N) is 1. The maximum atomic E-state index is 12.9. The number of rotatable bonds is 1. The first-order valence-corrected chi connectivity index (χ1v) is 8.42. The Morgan fingerprint density at radius 2 is 1.83 bits per heavy atom. The van der Waals surface area contributed by atoms with Crippen LogP contribution in [0.15, 0.2) is 48.5 Å². The Morgan fingerprint density at radius 3 is 2.65 bits per heavy atom. The van der Waals surface area contributed by atoms with Crippen molar-refractivity contribution in [2.45, 2.75) is 37.6 Å². The van der Waals surface area contributed by atoms with Gasteiger partial charge in [-0.1, -0.05) is 24.3 Å². The molecule has 0 bridgehead atoms. The van der Waals surface area contributed by atoms with E-state index in [0.29, 0.717) is 17.5 Å². The molecule has 1 N–H and O–H groups in total. The molecule has 2 aromatic carbocycles. The maximum absolute atomic E-state index is 12.9. The van der Waals surface area contributed by atoms with Gasteiger partial charge in [0.15, 0.2) is 0 Å². The van der Waals surface area contributed by atoms with Gasteiger partial charge in [-0.05, 0) is 61.1 Å². The number of carbonyl (C=O) groups is 1. The number of phenolic OH excluding ortho intramolecular Hbond substituents is 1. The molecule has 0 radical (unpaired) electrons. The summed E-state index contributed by atoms with van der Waals surface area (Å²) in [5.41, 5.74) is 3.56. The van der Waals surface area contributed by atoms with E-state index in [1.54, 1.807) is 24.3 Å². The minimum absolute atomic E-state index is 0.0964. The lowest BCUT2D eigenvalue weighted by atomic mass is 9.74. The van der Waals surface area contributed by atoms with Crippen molar-refractivity contribution in [3.63, 3.8) is 0 Å². The molecule has 3 heteroatoms. The molecule has 0 aromatic heterocycles. The Hall–Kier alpha value is -2.29. The summed E-state index contributed by atoms with van der Waals surface area (Å²) in [4.78, 5) is 15.0. The van der Waals surface area contributed by atoms with Crippen LogP contribution in [-0.2, 0) is 6.42 Å². The van der Waals surface area contributed by atoms with Gasteiger partial charge in [0.1, 0.15) is 5.75 Å². The summed E-state index contributed by atoms with van der Waals surface area (Å²) in [6.45, 7) is 0.836. The van der Waals surface area contributed by atoms with Crippen LogP contribution in [0.25, 0.3) is 0 Å². The smallest absolute Gasteiger partial charge is 0.254 e. The molecular weight excluding hydrogens is 286 g/mol. The molecule has 1 aliphatic heterocycles. The molecule has 1 saturated heterocycles. The Morgan fingerprint density at radius 1 is 1.04 bits per heavy atom. The number of likely N-dealkylation sites (tertiary alicyclic amines) is 1. The predicted molar refractivity (Wildman–Crippen MR) is 89.7 cm³/mol. The summed E-state index contributed by atoms with van der Waals surface area (Å²) in [5, 5.41) is 9.42. The van der Waals surface area contributed by atoms with Crippen LogP contribution in [0.3, 0.4) is 0 Å². The molecule has 1 aliphatic carbocycles. The molecule has 1 heterocycles. The number of piperidine rings is 1. The quantitative estimate of drug-likeness (QED) is 0.872. The van der Waals surface area contributed by atoms with E-state index >= 15 is 0 Å². The van der Waals surface area contributed by atoms with Crippen LogP contribution in [0.5, 0.6) is 5.75 Å². The molecule has 2 unspecified atom stereocenters. The minimum Gasteiger partial charge on any atom is -0.508 e. The highest BCUT2D eigenvalue weighted by atomic mass is 16.3. The average Bonchev–Trinajstić information content (AvgIpc) is 2.61. The van der Waals surface area contributed by atoms with Gasteiger partial charge in [-0.3, -0.25) is 4.79 Å². The van der Waals surface area contributed by atoms with Crippen molar-refractivity contribution in [2.75, 3.05) is 6.54 Å². The summed E-state index contributed by atoms with van der Waals surface area (Å²) in [5.74, 6) is 0.763. The Kier molecular flexibility index (Phi) is 3.56. The first-order valence-electron chi connectivity index (χ1n) is 8.42. The predicted octanol–water partition coefficient (Wildman–Crippen LogP) is 3.73. The largest absolute Gasteiger partial charge is 0.508 e. The molecule has 2 atom stereocenters. The second-order valence-electron chi connectivity index (χ2n) is 6.60. The lowest BCUT2D eigenvalue weighted by Crippen LogP contribution is -2.49. The van der Waals surface area contributed by atoms with Gasteiger partial charge in [-0.15, -0.1) is 0 Å². The van der Waals surface area contributed by atoms with Gasteiger partial charge in [-0.25, -0.2) is 0 Å². The minimum atomic E-state index is 0.0964. The van der Waals surface area contributed by atoms with E-state index in [-0.39, 0.29) is 11.7 Å². The summed E-state index contributed by atoms with van der Waals surface area (Å²) in [6.07, 6.45) is 4.32. The van der Waals surface area contributed by atoms with Gasteiger partial charge < -0.3 is 10.0 Å². The lowest BCUT2D eigenvalue weighted by Gasteiger charge is -2.45. The molecule has 1 amide bonds. The number of hydrogen-bond donors (Lipinski definition) is 1. The molecule has 2 aromatic rings. The molecular formula is C20H21NO2. The van der Waals surface area contributed by atoms with E-state index in [4.69, 9.17) is 0 Å². The number of aromatic hydroxyl groups is 1. The van der Waals surface area contributed by atoms with Crippen molar-refractivity contribution in [1.29, 1.82) is 0 Å². The molecule has 118 valence electrons. The van der Waals surface area contributed by atoms with Crippen LogP contribution in [0.1, 0.15) is 46.7 Å². The van der Waals surface area contributed by atoms with E-state index in [0.717, 1.165) is 25.8 Å². The molecule has 0 saturated carbocycles. The Bertz CT molecular complexity index is 723. The summed E-state index contributed by atoms with van der Waals surface area (Å²) >= 11 is 0.